The monoisotopic (exact) mass is 270 g/mol. The van der Waals surface area contributed by atoms with E-state index in [0.29, 0.717) is 0 Å². The lowest BCUT2D eigenvalue weighted by molar-refractivity contribution is 0.795. The Balaban J connectivity index is 2.17. The van der Waals surface area contributed by atoms with Crippen molar-refractivity contribution < 1.29 is 0 Å². The van der Waals surface area contributed by atoms with E-state index in [1.807, 2.05) is 32.2 Å². The zero-order valence-electron chi connectivity index (χ0n) is 10.8. The van der Waals surface area contributed by atoms with E-state index in [2.05, 4.69) is 32.6 Å². The standard InChI is InChI=1S/C14H14N4S/c1-9-7-11(10-5-3-4-6-12(10)16-9)14-18-17-13(19-14)8-15-2/h3-7,15H,8H2,1-2H3. The zero-order chi connectivity index (χ0) is 13.2. The van der Waals surface area contributed by atoms with Crippen molar-refractivity contribution in [3.8, 4) is 10.6 Å². The third kappa shape index (κ3) is 2.34. The van der Waals surface area contributed by atoms with Crippen LogP contribution in [0, 0.1) is 6.92 Å². The SMILES string of the molecule is CNCc1nnc(-c2cc(C)nc3ccccc23)s1. The molecule has 0 saturated heterocycles. The van der Waals surface area contributed by atoms with Crippen LogP contribution in [0.5, 0.6) is 0 Å². The van der Waals surface area contributed by atoms with E-state index in [4.69, 9.17) is 0 Å². The van der Waals surface area contributed by atoms with Gasteiger partial charge in [-0.15, -0.1) is 10.2 Å². The summed E-state index contributed by atoms with van der Waals surface area (Å²) in [6, 6.07) is 10.2. The Kier molecular flexibility index (Phi) is 3.23. The van der Waals surface area contributed by atoms with Gasteiger partial charge >= 0.3 is 0 Å². The van der Waals surface area contributed by atoms with Crippen LogP contribution in [0.3, 0.4) is 0 Å². The average molecular weight is 270 g/mol. The first-order valence-corrected chi connectivity index (χ1v) is 6.93. The second-order valence-electron chi connectivity index (χ2n) is 4.36. The molecule has 5 heteroatoms. The predicted molar refractivity (Wildman–Crippen MR) is 78.1 cm³/mol. The number of nitrogens with zero attached hydrogens (tertiary/aromatic N) is 3. The first kappa shape index (κ1) is 12.2. The molecule has 2 heterocycles. The maximum absolute atomic E-state index is 4.55. The Labute approximate surface area is 115 Å². The van der Waals surface area contributed by atoms with Crippen molar-refractivity contribution in [2.24, 2.45) is 0 Å². The minimum Gasteiger partial charge on any atom is -0.313 e. The van der Waals surface area contributed by atoms with Gasteiger partial charge in [0.05, 0.1) is 5.52 Å². The van der Waals surface area contributed by atoms with Crippen molar-refractivity contribution in [2.75, 3.05) is 7.05 Å². The average Bonchev–Trinajstić information content (AvgIpc) is 2.86. The van der Waals surface area contributed by atoms with Gasteiger partial charge in [0.25, 0.3) is 0 Å². The lowest BCUT2D eigenvalue weighted by atomic mass is 10.1. The van der Waals surface area contributed by atoms with Crippen LogP contribution in [-0.4, -0.2) is 22.2 Å². The number of hydrogen-bond acceptors (Lipinski definition) is 5. The van der Waals surface area contributed by atoms with Crippen molar-refractivity contribution in [1.29, 1.82) is 0 Å². The molecule has 4 nitrogen and oxygen atoms in total. The van der Waals surface area contributed by atoms with Crippen LogP contribution in [0.25, 0.3) is 21.5 Å². The molecular formula is C14H14N4S. The summed E-state index contributed by atoms with van der Waals surface area (Å²) < 4.78 is 0. The Bertz CT molecular complexity index is 720. The van der Waals surface area contributed by atoms with Gasteiger partial charge < -0.3 is 5.32 Å². The quantitative estimate of drug-likeness (QED) is 0.795. The second-order valence-corrected chi connectivity index (χ2v) is 5.42. The fraction of sp³-hybridized carbons (Fsp3) is 0.214. The number of aromatic nitrogens is 3. The molecule has 96 valence electrons. The molecule has 0 unspecified atom stereocenters. The van der Waals surface area contributed by atoms with E-state index in [0.717, 1.165) is 38.7 Å². The van der Waals surface area contributed by atoms with Crippen LogP contribution in [0.2, 0.25) is 0 Å². The maximum Gasteiger partial charge on any atom is 0.148 e. The summed E-state index contributed by atoms with van der Waals surface area (Å²) in [7, 11) is 1.91. The predicted octanol–water partition coefficient (Wildman–Crippen LogP) is 2.78. The molecule has 3 rings (SSSR count). The molecule has 0 radical (unpaired) electrons. The summed E-state index contributed by atoms with van der Waals surface area (Å²) in [5, 5.41) is 14.7. The number of rotatable bonds is 3. The topological polar surface area (TPSA) is 50.7 Å². The Morgan fingerprint density at radius 2 is 2.05 bits per heavy atom. The zero-order valence-corrected chi connectivity index (χ0v) is 11.7. The first-order chi connectivity index (χ1) is 9.28. The maximum atomic E-state index is 4.55. The number of hydrogen-bond donors (Lipinski definition) is 1. The number of benzene rings is 1. The van der Waals surface area contributed by atoms with Gasteiger partial charge in [-0.3, -0.25) is 4.98 Å². The summed E-state index contributed by atoms with van der Waals surface area (Å²) in [5.74, 6) is 0. The molecule has 0 spiro atoms. The number of pyridine rings is 1. The molecule has 1 N–H and O–H groups in total. The third-order valence-corrected chi connectivity index (χ3v) is 3.83. The number of fused-ring (bicyclic) bond motifs is 1. The lowest BCUT2D eigenvalue weighted by Crippen LogP contribution is -2.04. The van der Waals surface area contributed by atoms with Gasteiger partial charge in [-0.05, 0) is 26.1 Å². The van der Waals surface area contributed by atoms with Crippen molar-refractivity contribution >= 4 is 22.2 Å². The minimum absolute atomic E-state index is 0.750. The Morgan fingerprint density at radius 1 is 1.21 bits per heavy atom. The van der Waals surface area contributed by atoms with Crippen molar-refractivity contribution in [1.82, 2.24) is 20.5 Å². The molecule has 0 saturated carbocycles. The normalized spacial score (nSPS) is 11.1. The molecular weight excluding hydrogens is 256 g/mol. The Hall–Kier alpha value is -1.85. The van der Waals surface area contributed by atoms with E-state index in [1.54, 1.807) is 11.3 Å². The minimum atomic E-state index is 0.750. The van der Waals surface area contributed by atoms with Crippen LogP contribution in [0.4, 0.5) is 0 Å². The smallest absolute Gasteiger partial charge is 0.148 e. The van der Waals surface area contributed by atoms with E-state index in [9.17, 15) is 0 Å². The molecule has 0 atom stereocenters. The van der Waals surface area contributed by atoms with Gasteiger partial charge in [0.1, 0.15) is 10.0 Å². The van der Waals surface area contributed by atoms with Gasteiger partial charge in [0.2, 0.25) is 0 Å². The van der Waals surface area contributed by atoms with Gasteiger partial charge in [-0.1, -0.05) is 29.5 Å². The highest BCUT2D eigenvalue weighted by Crippen LogP contribution is 2.30. The van der Waals surface area contributed by atoms with Crippen LogP contribution >= 0.6 is 11.3 Å². The van der Waals surface area contributed by atoms with E-state index >= 15 is 0 Å². The van der Waals surface area contributed by atoms with E-state index in [1.165, 1.54) is 0 Å². The molecule has 19 heavy (non-hydrogen) atoms. The highest BCUT2D eigenvalue weighted by molar-refractivity contribution is 7.14. The second kappa shape index (κ2) is 5.03. The van der Waals surface area contributed by atoms with E-state index in [-0.39, 0.29) is 0 Å². The summed E-state index contributed by atoms with van der Waals surface area (Å²) in [4.78, 5) is 4.55. The molecule has 0 aliphatic rings. The fourth-order valence-electron chi connectivity index (χ4n) is 2.07. The lowest BCUT2D eigenvalue weighted by Gasteiger charge is -2.04. The van der Waals surface area contributed by atoms with Crippen molar-refractivity contribution in [3.63, 3.8) is 0 Å². The molecule has 0 fully saturated rings. The number of aryl methyl sites for hydroxylation is 1. The van der Waals surface area contributed by atoms with Gasteiger partial charge in [-0.25, -0.2) is 0 Å². The van der Waals surface area contributed by atoms with Crippen LogP contribution in [0.15, 0.2) is 30.3 Å². The van der Waals surface area contributed by atoms with Crippen molar-refractivity contribution in [2.45, 2.75) is 13.5 Å². The highest BCUT2D eigenvalue weighted by atomic mass is 32.1. The molecule has 0 aliphatic heterocycles. The molecule has 3 aromatic rings. The summed E-state index contributed by atoms with van der Waals surface area (Å²) in [6.07, 6.45) is 0. The number of nitrogens with one attached hydrogen (secondary N) is 1. The molecule has 0 bridgehead atoms. The molecule has 2 aromatic heterocycles. The third-order valence-electron chi connectivity index (χ3n) is 2.87. The van der Waals surface area contributed by atoms with Crippen LogP contribution in [0.1, 0.15) is 10.7 Å². The summed E-state index contributed by atoms with van der Waals surface area (Å²) >= 11 is 1.62. The van der Waals surface area contributed by atoms with Crippen molar-refractivity contribution in [3.05, 3.63) is 41.0 Å². The first-order valence-electron chi connectivity index (χ1n) is 6.11. The molecule has 1 aromatic carbocycles. The largest absolute Gasteiger partial charge is 0.313 e. The van der Waals surface area contributed by atoms with Gasteiger partial charge in [0.15, 0.2) is 0 Å². The summed E-state index contributed by atoms with van der Waals surface area (Å²) in [6.45, 7) is 2.76. The number of para-hydroxylation sites is 1. The van der Waals surface area contributed by atoms with Crippen LogP contribution in [-0.2, 0) is 6.54 Å². The fourth-order valence-corrected chi connectivity index (χ4v) is 2.95. The van der Waals surface area contributed by atoms with Gasteiger partial charge in [0, 0.05) is 23.2 Å². The molecule has 0 amide bonds. The highest BCUT2D eigenvalue weighted by Gasteiger charge is 2.11. The van der Waals surface area contributed by atoms with Gasteiger partial charge in [-0.2, -0.15) is 0 Å². The molecule has 0 aliphatic carbocycles. The van der Waals surface area contributed by atoms with Crippen LogP contribution < -0.4 is 5.32 Å². The summed E-state index contributed by atoms with van der Waals surface area (Å²) in [5.41, 5.74) is 3.12. The Morgan fingerprint density at radius 3 is 2.89 bits per heavy atom. The van der Waals surface area contributed by atoms with E-state index < -0.39 is 0 Å².